The minimum absolute atomic E-state index is 0.199. The highest BCUT2D eigenvalue weighted by Gasteiger charge is 2.16. The van der Waals surface area contributed by atoms with E-state index < -0.39 is 5.97 Å². The van der Waals surface area contributed by atoms with E-state index in [2.05, 4.69) is 10.2 Å². The number of carboxylic acid groups (broad SMARTS) is 1. The molecule has 0 aromatic carbocycles. The van der Waals surface area contributed by atoms with Crippen molar-refractivity contribution >= 4 is 17.6 Å². The fourth-order valence-electron chi connectivity index (χ4n) is 1.81. The predicted octanol–water partition coefficient (Wildman–Crippen LogP) is 1.63. The van der Waals surface area contributed by atoms with E-state index in [0.29, 0.717) is 17.3 Å². The largest absolute Gasteiger partial charge is 0.478 e. The minimum atomic E-state index is -0.981. The van der Waals surface area contributed by atoms with E-state index in [0.717, 1.165) is 11.4 Å². The number of aromatic nitrogens is 4. The first-order valence-electron chi connectivity index (χ1n) is 5.35. The van der Waals surface area contributed by atoms with Crippen LogP contribution in [0.1, 0.15) is 27.4 Å². The Kier molecular flexibility index (Phi) is 3.13. The van der Waals surface area contributed by atoms with Crippen LogP contribution in [0.4, 0.5) is 0 Å². The van der Waals surface area contributed by atoms with Crippen LogP contribution in [0.3, 0.4) is 0 Å². The number of halogens is 1. The van der Waals surface area contributed by atoms with Crippen LogP contribution >= 0.6 is 11.6 Å². The van der Waals surface area contributed by atoms with Crippen molar-refractivity contribution in [1.29, 1.82) is 0 Å². The molecule has 96 valence electrons. The molecule has 18 heavy (non-hydrogen) atoms. The van der Waals surface area contributed by atoms with E-state index in [1.54, 1.807) is 23.3 Å². The van der Waals surface area contributed by atoms with Crippen LogP contribution in [0, 0.1) is 13.8 Å². The molecule has 0 bridgehead atoms. The Hall–Kier alpha value is -1.82. The zero-order valence-corrected chi connectivity index (χ0v) is 11.1. The lowest BCUT2D eigenvalue weighted by molar-refractivity contribution is 0.0696. The third kappa shape index (κ3) is 1.99. The number of hydrogen-bond acceptors (Lipinski definition) is 3. The molecule has 0 amide bonds. The smallest absolute Gasteiger partial charge is 0.339 e. The third-order valence-electron chi connectivity index (χ3n) is 2.89. The van der Waals surface area contributed by atoms with Crippen LogP contribution in [0.5, 0.6) is 0 Å². The molecular weight excluding hydrogens is 256 g/mol. The first kappa shape index (κ1) is 12.6. The van der Waals surface area contributed by atoms with Crippen LogP contribution in [-0.4, -0.2) is 30.6 Å². The summed E-state index contributed by atoms with van der Waals surface area (Å²) in [6, 6.07) is 0. The quantitative estimate of drug-likeness (QED) is 0.918. The van der Waals surface area contributed by atoms with Crippen LogP contribution in [-0.2, 0) is 13.6 Å². The highest BCUT2D eigenvalue weighted by atomic mass is 35.5. The molecule has 0 spiro atoms. The van der Waals surface area contributed by atoms with Crippen molar-refractivity contribution in [1.82, 2.24) is 19.6 Å². The molecule has 2 heterocycles. The van der Waals surface area contributed by atoms with Gasteiger partial charge in [-0.25, -0.2) is 4.79 Å². The number of hydrogen-bond donors (Lipinski definition) is 1. The molecule has 0 unspecified atom stereocenters. The fraction of sp³-hybridized carbons (Fsp3) is 0.364. The fourth-order valence-corrected chi connectivity index (χ4v) is 2.03. The number of nitrogens with zero attached hydrogens (tertiary/aromatic N) is 4. The molecule has 0 fully saturated rings. The molecule has 7 heteroatoms. The summed E-state index contributed by atoms with van der Waals surface area (Å²) < 4.78 is 3.28. The second-order valence-corrected chi connectivity index (χ2v) is 4.45. The summed E-state index contributed by atoms with van der Waals surface area (Å²) in [6.07, 6.45) is 1.34. The van der Waals surface area contributed by atoms with E-state index in [1.165, 1.54) is 6.20 Å². The van der Waals surface area contributed by atoms with E-state index in [-0.39, 0.29) is 5.56 Å². The van der Waals surface area contributed by atoms with Gasteiger partial charge in [0.15, 0.2) is 0 Å². The number of carboxylic acids is 1. The maximum absolute atomic E-state index is 10.9. The van der Waals surface area contributed by atoms with E-state index in [4.69, 9.17) is 16.7 Å². The number of rotatable bonds is 3. The molecule has 0 aliphatic heterocycles. The van der Waals surface area contributed by atoms with Gasteiger partial charge in [-0.2, -0.15) is 10.2 Å². The van der Waals surface area contributed by atoms with Crippen molar-refractivity contribution in [3.63, 3.8) is 0 Å². The Labute approximate surface area is 109 Å². The van der Waals surface area contributed by atoms with Gasteiger partial charge >= 0.3 is 5.97 Å². The molecule has 2 aromatic rings. The molecule has 0 atom stereocenters. The predicted molar refractivity (Wildman–Crippen MR) is 66.0 cm³/mol. The molecule has 0 aliphatic rings. The van der Waals surface area contributed by atoms with Crippen LogP contribution in [0.25, 0.3) is 0 Å². The lowest BCUT2D eigenvalue weighted by Crippen LogP contribution is -2.09. The number of aromatic carboxylic acids is 1. The summed E-state index contributed by atoms with van der Waals surface area (Å²) in [4.78, 5) is 10.9. The van der Waals surface area contributed by atoms with Gasteiger partial charge < -0.3 is 5.11 Å². The second-order valence-electron chi connectivity index (χ2n) is 4.08. The van der Waals surface area contributed by atoms with Crippen molar-refractivity contribution in [2.24, 2.45) is 7.05 Å². The zero-order valence-electron chi connectivity index (χ0n) is 10.3. The first-order valence-corrected chi connectivity index (χ1v) is 5.73. The van der Waals surface area contributed by atoms with Gasteiger partial charge in [0.1, 0.15) is 5.56 Å². The monoisotopic (exact) mass is 268 g/mol. The Morgan fingerprint density at radius 1 is 1.50 bits per heavy atom. The summed E-state index contributed by atoms with van der Waals surface area (Å²) in [5, 5.41) is 17.8. The highest BCUT2D eigenvalue weighted by molar-refractivity contribution is 6.31. The molecule has 6 nitrogen and oxygen atoms in total. The van der Waals surface area contributed by atoms with Crippen molar-refractivity contribution in [2.45, 2.75) is 20.4 Å². The van der Waals surface area contributed by atoms with Crippen LogP contribution in [0.2, 0.25) is 5.02 Å². The standard InChI is InChI=1S/C11H13ClN4O2/c1-6-10(12)9(15(3)14-6)5-16-7(2)8(4-13-16)11(17)18/h4H,5H2,1-3H3,(H,17,18). The van der Waals surface area contributed by atoms with Gasteiger partial charge in [0.25, 0.3) is 0 Å². The SMILES string of the molecule is Cc1nn(C)c(Cn2ncc(C(=O)O)c2C)c1Cl. The van der Waals surface area contributed by atoms with Gasteiger partial charge in [0.2, 0.25) is 0 Å². The van der Waals surface area contributed by atoms with E-state index in [1.807, 2.05) is 6.92 Å². The Morgan fingerprint density at radius 2 is 2.17 bits per heavy atom. The van der Waals surface area contributed by atoms with Gasteiger partial charge in [0, 0.05) is 7.05 Å². The van der Waals surface area contributed by atoms with Gasteiger partial charge in [-0.1, -0.05) is 11.6 Å². The first-order chi connectivity index (χ1) is 8.41. The van der Waals surface area contributed by atoms with E-state index in [9.17, 15) is 4.79 Å². The van der Waals surface area contributed by atoms with Gasteiger partial charge in [0.05, 0.1) is 34.8 Å². The molecule has 2 rings (SSSR count). The summed E-state index contributed by atoms with van der Waals surface area (Å²) in [5.74, 6) is -0.981. The molecule has 1 N–H and O–H groups in total. The van der Waals surface area contributed by atoms with Gasteiger partial charge in [-0.05, 0) is 13.8 Å². The Morgan fingerprint density at radius 3 is 2.61 bits per heavy atom. The highest BCUT2D eigenvalue weighted by Crippen LogP contribution is 2.21. The van der Waals surface area contributed by atoms with Crippen molar-refractivity contribution in [3.05, 3.63) is 33.9 Å². The van der Waals surface area contributed by atoms with Gasteiger partial charge in [-0.15, -0.1) is 0 Å². The van der Waals surface area contributed by atoms with Crippen molar-refractivity contribution in [2.75, 3.05) is 0 Å². The maximum atomic E-state index is 10.9. The molecule has 0 aliphatic carbocycles. The van der Waals surface area contributed by atoms with Crippen LogP contribution < -0.4 is 0 Å². The van der Waals surface area contributed by atoms with Gasteiger partial charge in [-0.3, -0.25) is 9.36 Å². The van der Waals surface area contributed by atoms with Crippen molar-refractivity contribution < 1.29 is 9.90 Å². The third-order valence-corrected chi connectivity index (χ3v) is 3.39. The topological polar surface area (TPSA) is 72.9 Å². The average Bonchev–Trinajstić information content (AvgIpc) is 2.76. The lowest BCUT2D eigenvalue weighted by atomic mass is 10.2. The summed E-state index contributed by atoms with van der Waals surface area (Å²) in [6.45, 7) is 3.94. The number of carbonyl (C=O) groups is 1. The maximum Gasteiger partial charge on any atom is 0.339 e. The van der Waals surface area contributed by atoms with Crippen molar-refractivity contribution in [3.8, 4) is 0 Å². The Bertz CT molecular complexity index is 615. The normalized spacial score (nSPS) is 10.9. The lowest BCUT2D eigenvalue weighted by Gasteiger charge is -2.06. The summed E-state index contributed by atoms with van der Waals surface area (Å²) in [7, 11) is 1.80. The molecule has 0 radical (unpaired) electrons. The summed E-state index contributed by atoms with van der Waals surface area (Å²) in [5.41, 5.74) is 2.34. The average molecular weight is 269 g/mol. The second kappa shape index (κ2) is 4.45. The molecule has 0 saturated carbocycles. The minimum Gasteiger partial charge on any atom is -0.478 e. The zero-order chi connectivity index (χ0) is 13.4. The van der Waals surface area contributed by atoms with Crippen LogP contribution in [0.15, 0.2) is 6.20 Å². The number of aryl methyl sites for hydroxylation is 2. The Balaban J connectivity index is 2.38. The van der Waals surface area contributed by atoms with E-state index >= 15 is 0 Å². The summed E-state index contributed by atoms with van der Waals surface area (Å²) >= 11 is 6.14. The molecule has 2 aromatic heterocycles. The molecule has 0 saturated heterocycles. The molecular formula is C11H13ClN4O2.